The van der Waals surface area contributed by atoms with Gasteiger partial charge in [0.15, 0.2) is 11.5 Å². The van der Waals surface area contributed by atoms with E-state index >= 15 is 0 Å². The highest BCUT2D eigenvalue weighted by molar-refractivity contribution is 6.67. The standard InChI is InChI=1S/C19H15ClN2O3/c1-11-17(14-6-7-15-16(10-14)25-9-8-24-15)18(22-21-11)12-2-4-13(5-3-12)19(20)23/h2-7,10H,8-9H2,1H3,(H,21,22). The van der Waals surface area contributed by atoms with Crippen LogP contribution in [-0.2, 0) is 0 Å². The Bertz CT molecular complexity index is 948. The second-order valence-corrected chi connectivity index (χ2v) is 6.12. The summed E-state index contributed by atoms with van der Waals surface area (Å²) in [6, 6.07) is 12.9. The average molecular weight is 355 g/mol. The summed E-state index contributed by atoms with van der Waals surface area (Å²) in [7, 11) is 0. The third-order valence-corrected chi connectivity index (χ3v) is 4.38. The smallest absolute Gasteiger partial charge is 0.252 e. The third-order valence-electron chi connectivity index (χ3n) is 4.16. The molecule has 0 atom stereocenters. The predicted octanol–water partition coefficient (Wildman–Crippen LogP) is 4.20. The Morgan fingerprint density at radius 3 is 2.44 bits per heavy atom. The topological polar surface area (TPSA) is 64.2 Å². The van der Waals surface area contributed by atoms with E-state index in [-0.39, 0.29) is 0 Å². The monoisotopic (exact) mass is 354 g/mol. The van der Waals surface area contributed by atoms with Gasteiger partial charge in [-0.25, -0.2) is 0 Å². The highest BCUT2D eigenvalue weighted by Gasteiger charge is 2.18. The van der Waals surface area contributed by atoms with Crippen molar-refractivity contribution in [3.63, 3.8) is 0 Å². The lowest BCUT2D eigenvalue weighted by Crippen LogP contribution is -2.15. The quantitative estimate of drug-likeness (QED) is 0.716. The molecule has 0 spiro atoms. The molecule has 4 rings (SSSR count). The predicted molar refractivity (Wildman–Crippen MR) is 95.4 cm³/mol. The van der Waals surface area contributed by atoms with Gasteiger partial charge in [-0.05, 0) is 48.4 Å². The van der Waals surface area contributed by atoms with E-state index < -0.39 is 5.24 Å². The summed E-state index contributed by atoms with van der Waals surface area (Å²) >= 11 is 5.51. The SMILES string of the molecule is Cc1[nH]nc(-c2ccc(C(=O)Cl)cc2)c1-c1ccc2c(c1)OCCO2. The lowest BCUT2D eigenvalue weighted by atomic mass is 9.98. The maximum atomic E-state index is 11.2. The van der Waals surface area contributed by atoms with Gasteiger partial charge in [-0.2, -0.15) is 5.10 Å². The van der Waals surface area contributed by atoms with Gasteiger partial charge in [-0.15, -0.1) is 0 Å². The van der Waals surface area contributed by atoms with Gasteiger partial charge in [0.05, 0.1) is 0 Å². The third kappa shape index (κ3) is 2.87. The van der Waals surface area contributed by atoms with Crippen LogP contribution in [0.1, 0.15) is 16.1 Å². The van der Waals surface area contributed by atoms with Crippen LogP contribution in [0.4, 0.5) is 0 Å². The molecule has 2 aromatic carbocycles. The summed E-state index contributed by atoms with van der Waals surface area (Å²) < 4.78 is 11.3. The first-order valence-electron chi connectivity index (χ1n) is 7.89. The minimum atomic E-state index is -0.475. The van der Waals surface area contributed by atoms with Gasteiger partial charge in [0.2, 0.25) is 0 Å². The first-order valence-corrected chi connectivity index (χ1v) is 8.26. The van der Waals surface area contributed by atoms with Crippen LogP contribution in [0.15, 0.2) is 42.5 Å². The Labute approximate surface area is 149 Å². The fraction of sp³-hybridized carbons (Fsp3) is 0.158. The number of nitrogens with one attached hydrogen (secondary N) is 1. The number of nitrogens with zero attached hydrogens (tertiary/aromatic N) is 1. The number of carbonyl (C=O) groups excluding carboxylic acids is 1. The van der Waals surface area contributed by atoms with Crippen LogP contribution in [0, 0.1) is 6.92 Å². The number of hydrogen-bond acceptors (Lipinski definition) is 4. The Kier molecular flexibility index (Phi) is 3.93. The number of rotatable bonds is 3. The van der Waals surface area contributed by atoms with E-state index in [4.69, 9.17) is 21.1 Å². The zero-order valence-electron chi connectivity index (χ0n) is 13.5. The Morgan fingerprint density at radius 2 is 1.72 bits per heavy atom. The van der Waals surface area contributed by atoms with E-state index in [0.717, 1.165) is 39.6 Å². The lowest BCUT2D eigenvalue weighted by Gasteiger charge is -2.19. The summed E-state index contributed by atoms with van der Waals surface area (Å²) in [6.45, 7) is 3.08. The molecule has 5 nitrogen and oxygen atoms in total. The Morgan fingerprint density at radius 1 is 1.04 bits per heavy atom. The highest BCUT2D eigenvalue weighted by atomic mass is 35.5. The van der Waals surface area contributed by atoms with Crippen molar-refractivity contribution in [3.8, 4) is 33.9 Å². The second kappa shape index (κ2) is 6.26. The molecule has 126 valence electrons. The van der Waals surface area contributed by atoms with Crippen molar-refractivity contribution in [2.24, 2.45) is 0 Å². The Hall–Kier alpha value is -2.79. The van der Waals surface area contributed by atoms with Crippen LogP contribution in [0.2, 0.25) is 0 Å². The van der Waals surface area contributed by atoms with Crippen LogP contribution < -0.4 is 9.47 Å². The van der Waals surface area contributed by atoms with E-state index in [1.165, 1.54) is 0 Å². The van der Waals surface area contributed by atoms with Gasteiger partial charge in [0.25, 0.3) is 5.24 Å². The van der Waals surface area contributed by atoms with Crippen molar-refractivity contribution >= 4 is 16.8 Å². The van der Waals surface area contributed by atoms with E-state index in [9.17, 15) is 4.79 Å². The first kappa shape index (κ1) is 15.7. The van der Waals surface area contributed by atoms with Crippen LogP contribution in [0.3, 0.4) is 0 Å². The van der Waals surface area contributed by atoms with Crippen LogP contribution in [-0.4, -0.2) is 28.7 Å². The first-order chi connectivity index (χ1) is 12.1. The van der Waals surface area contributed by atoms with Crippen LogP contribution >= 0.6 is 11.6 Å². The minimum absolute atomic E-state index is 0.457. The largest absolute Gasteiger partial charge is 0.486 e. The van der Waals surface area contributed by atoms with Crippen molar-refractivity contribution in [1.29, 1.82) is 0 Å². The van der Waals surface area contributed by atoms with Gasteiger partial charge in [-0.1, -0.05) is 18.2 Å². The molecule has 0 aliphatic carbocycles. The van der Waals surface area contributed by atoms with Crippen molar-refractivity contribution in [2.45, 2.75) is 6.92 Å². The van der Waals surface area contributed by atoms with E-state index in [1.807, 2.05) is 37.3 Å². The fourth-order valence-corrected chi connectivity index (χ4v) is 3.08. The number of hydrogen-bond donors (Lipinski definition) is 1. The number of aryl methyl sites for hydroxylation is 1. The minimum Gasteiger partial charge on any atom is -0.486 e. The number of ether oxygens (including phenoxy) is 2. The van der Waals surface area contributed by atoms with E-state index in [1.54, 1.807) is 12.1 Å². The number of benzene rings is 2. The summed E-state index contributed by atoms with van der Waals surface area (Å²) in [5.74, 6) is 1.49. The summed E-state index contributed by atoms with van der Waals surface area (Å²) in [6.07, 6.45) is 0. The molecule has 25 heavy (non-hydrogen) atoms. The van der Waals surface area contributed by atoms with Gasteiger partial charge in [0.1, 0.15) is 18.9 Å². The molecule has 0 fully saturated rings. The van der Waals surface area contributed by atoms with E-state index in [0.29, 0.717) is 18.8 Å². The van der Waals surface area contributed by atoms with Crippen molar-refractivity contribution in [1.82, 2.24) is 10.2 Å². The molecule has 1 aromatic heterocycles. The van der Waals surface area contributed by atoms with Crippen molar-refractivity contribution in [2.75, 3.05) is 13.2 Å². The van der Waals surface area contributed by atoms with Gasteiger partial charge < -0.3 is 9.47 Å². The molecule has 6 heteroatoms. The van der Waals surface area contributed by atoms with Gasteiger partial charge >= 0.3 is 0 Å². The molecule has 0 saturated heterocycles. The molecule has 2 heterocycles. The van der Waals surface area contributed by atoms with Crippen LogP contribution in [0.5, 0.6) is 11.5 Å². The number of halogens is 1. The van der Waals surface area contributed by atoms with Crippen molar-refractivity contribution in [3.05, 3.63) is 53.7 Å². The highest BCUT2D eigenvalue weighted by Crippen LogP contribution is 2.38. The Balaban J connectivity index is 1.79. The number of aromatic nitrogens is 2. The molecule has 0 saturated carbocycles. The number of fused-ring (bicyclic) bond motifs is 1. The second-order valence-electron chi connectivity index (χ2n) is 5.78. The summed E-state index contributed by atoms with van der Waals surface area (Å²) in [4.78, 5) is 11.2. The molecule has 3 aromatic rings. The fourth-order valence-electron chi connectivity index (χ4n) is 2.95. The summed E-state index contributed by atoms with van der Waals surface area (Å²) in [5, 5.41) is 7.00. The van der Waals surface area contributed by atoms with E-state index in [2.05, 4.69) is 10.2 Å². The number of carbonyl (C=O) groups is 1. The molecular weight excluding hydrogens is 340 g/mol. The summed E-state index contributed by atoms with van der Waals surface area (Å²) in [5.41, 5.74) is 5.09. The number of aromatic amines is 1. The maximum absolute atomic E-state index is 11.2. The zero-order valence-corrected chi connectivity index (χ0v) is 14.3. The van der Waals surface area contributed by atoms with Gasteiger partial charge in [0, 0.05) is 22.4 Å². The lowest BCUT2D eigenvalue weighted by molar-refractivity contribution is 0.108. The molecule has 1 N–H and O–H groups in total. The average Bonchev–Trinajstić information content (AvgIpc) is 3.03. The molecule has 1 aliphatic heterocycles. The normalized spacial score (nSPS) is 12.9. The number of H-pyrrole nitrogens is 1. The van der Waals surface area contributed by atoms with Crippen LogP contribution in [0.25, 0.3) is 22.4 Å². The zero-order chi connectivity index (χ0) is 17.4. The molecule has 0 radical (unpaired) electrons. The molecule has 0 unspecified atom stereocenters. The molecular formula is C19H15ClN2O3. The molecule has 1 aliphatic rings. The van der Waals surface area contributed by atoms with Gasteiger partial charge in [-0.3, -0.25) is 9.89 Å². The molecule has 0 amide bonds. The molecule has 0 bridgehead atoms. The maximum Gasteiger partial charge on any atom is 0.252 e. The van der Waals surface area contributed by atoms with Crippen molar-refractivity contribution < 1.29 is 14.3 Å².